The molecule has 3 unspecified atom stereocenters. The van der Waals surface area contributed by atoms with Gasteiger partial charge in [-0.05, 0) is 44.9 Å². The van der Waals surface area contributed by atoms with Gasteiger partial charge in [-0.1, -0.05) is 18.5 Å². The second-order valence-corrected chi connectivity index (χ2v) is 6.80. The summed E-state index contributed by atoms with van der Waals surface area (Å²) < 4.78 is 6.59. The molecule has 1 aliphatic heterocycles. The zero-order valence-corrected chi connectivity index (χ0v) is 12.7. The van der Waals surface area contributed by atoms with Gasteiger partial charge >= 0.3 is 0 Å². The van der Waals surface area contributed by atoms with Crippen molar-refractivity contribution in [2.75, 3.05) is 13.2 Å². The van der Waals surface area contributed by atoms with Crippen molar-refractivity contribution < 1.29 is 4.74 Å². The van der Waals surface area contributed by atoms with E-state index in [1.165, 1.54) is 17.7 Å². The molecule has 0 aromatic carbocycles. The third-order valence-corrected chi connectivity index (χ3v) is 4.91. The van der Waals surface area contributed by atoms with Crippen LogP contribution in [0.2, 0.25) is 4.34 Å². The number of hydrogen-bond acceptors (Lipinski definition) is 3. The van der Waals surface area contributed by atoms with E-state index in [1.54, 1.807) is 11.3 Å². The zero-order chi connectivity index (χ0) is 13.0. The molecular weight excluding hydrogens is 266 g/mol. The van der Waals surface area contributed by atoms with Crippen LogP contribution in [0.25, 0.3) is 0 Å². The molecule has 0 amide bonds. The molecule has 1 N–H and O–H groups in total. The average molecular weight is 288 g/mol. The number of ether oxygens (including phenoxy) is 1. The van der Waals surface area contributed by atoms with Gasteiger partial charge in [0.1, 0.15) is 0 Å². The van der Waals surface area contributed by atoms with Crippen LogP contribution < -0.4 is 5.32 Å². The minimum absolute atomic E-state index is 0.370. The van der Waals surface area contributed by atoms with Crippen molar-refractivity contribution in [1.82, 2.24) is 5.32 Å². The Bertz CT molecular complexity index is 368. The molecule has 3 atom stereocenters. The van der Waals surface area contributed by atoms with E-state index in [0.29, 0.717) is 18.1 Å². The van der Waals surface area contributed by atoms with Crippen LogP contribution in [0.3, 0.4) is 0 Å². The van der Waals surface area contributed by atoms with Crippen molar-refractivity contribution in [3.05, 3.63) is 21.3 Å². The normalized spacial score (nSPS) is 25.5. The SMILES string of the molecule is CCCNC(Cc1ccc(Cl)s1)C1CCOC1C. The average Bonchev–Trinajstić information content (AvgIpc) is 2.93. The highest BCUT2D eigenvalue weighted by Crippen LogP contribution is 2.29. The topological polar surface area (TPSA) is 21.3 Å². The van der Waals surface area contributed by atoms with Crippen LogP contribution in [0.4, 0.5) is 0 Å². The lowest BCUT2D eigenvalue weighted by Crippen LogP contribution is -2.41. The van der Waals surface area contributed by atoms with Crippen LogP contribution in [0.5, 0.6) is 0 Å². The second kappa shape index (κ2) is 6.90. The van der Waals surface area contributed by atoms with Gasteiger partial charge in [0.2, 0.25) is 0 Å². The van der Waals surface area contributed by atoms with Gasteiger partial charge in [0.05, 0.1) is 10.4 Å². The van der Waals surface area contributed by atoms with E-state index in [2.05, 4.69) is 25.2 Å². The molecule has 1 saturated heterocycles. The van der Waals surface area contributed by atoms with Gasteiger partial charge in [-0.3, -0.25) is 0 Å². The minimum atomic E-state index is 0.370. The number of thiophene rings is 1. The quantitative estimate of drug-likeness (QED) is 0.861. The van der Waals surface area contributed by atoms with E-state index < -0.39 is 0 Å². The fourth-order valence-corrected chi connectivity index (χ4v) is 3.81. The molecule has 0 spiro atoms. The van der Waals surface area contributed by atoms with Crippen molar-refractivity contribution in [1.29, 1.82) is 0 Å². The summed E-state index contributed by atoms with van der Waals surface area (Å²) in [6, 6.07) is 4.65. The molecule has 0 saturated carbocycles. The summed E-state index contributed by atoms with van der Waals surface area (Å²) in [6.07, 6.45) is 3.77. The Morgan fingerprint density at radius 3 is 2.94 bits per heavy atom. The molecule has 1 aromatic heterocycles. The molecule has 0 bridgehead atoms. The molecule has 1 aromatic rings. The highest BCUT2D eigenvalue weighted by molar-refractivity contribution is 7.16. The second-order valence-electron chi connectivity index (χ2n) is 5.00. The standard InChI is InChI=1S/C14H22ClNOS/c1-3-7-16-13(12-6-8-17-10(12)2)9-11-4-5-14(15)18-11/h4-5,10,12-13,16H,3,6-9H2,1-2H3. The van der Waals surface area contributed by atoms with Crippen LogP contribution in [0, 0.1) is 5.92 Å². The Kier molecular flexibility index (Phi) is 5.49. The number of rotatable bonds is 6. The van der Waals surface area contributed by atoms with E-state index in [0.717, 1.165) is 23.9 Å². The Balaban J connectivity index is 2.00. The van der Waals surface area contributed by atoms with E-state index >= 15 is 0 Å². The van der Waals surface area contributed by atoms with Crippen LogP contribution >= 0.6 is 22.9 Å². The summed E-state index contributed by atoms with van der Waals surface area (Å²) in [7, 11) is 0. The first-order valence-electron chi connectivity index (χ1n) is 6.80. The van der Waals surface area contributed by atoms with Gasteiger partial charge in [0.15, 0.2) is 0 Å². The summed E-state index contributed by atoms with van der Waals surface area (Å²) in [5, 5.41) is 3.68. The smallest absolute Gasteiger partial charge is 0.0931 e. The Labute approximate surface area is 119 Å². The van der Waals surface area contributed by atoms with Crippen LogP contribution in [-0.2, 0) is 11.2 Å². The van der Waals surface area contributed by atoms with Crippen molar-refractivity contribution in [3.8, 4) is 0 Å². The Morgan fingerprint density at radius 2 is 2.39 bits per heavy atom. The van der Waals surface area contributed by atoms with Crippen LogP contribution in [-0.4, -0.2) is 25.3 Å². The van der Waals surface area contributed by atoms with Gasteiger partial charge in [-0.25, -0.2) is 0 Å². The predicted octanol–water partition coefficient (Wildman–Crippen LogP) is 3.74. The maximum atomic E-state index is 6.01. The summed E-state index contributed by atoms with van der Waals surface area (Å²) in [4.78, 5) is 1.37. The summed E-state index contributed by atoms with van der Waals surface area (Å²) in [5.74, 6) is 0.623. The van der Waals surface area contributed by atoms with Crippen molar-refractivity contribution in [2.24, 2.45) is 5.92 Å². The van der Waals surface area contributed by atoms with E-state index in [-0.39, 0.29) is 0 Å². The van der Waals surface area contributed by atoms with Gasteiger partial charge in [0.25, 0.3) is 0 Å². The fourth-order valence-electron chi connectivity index (χ4n) is 2.66. The highest BCUT2D eigenvalue weighted by Gasteiger charge is 2.31. The van der Waals surface area contributed by atoms with Crippen molar-refractivity contribution >= 4 is 22.9 Å². The fraction of sp³-hybridized carbons (Fsp3) is 0.714. The van der Waals surface area contributed by atoms with E-state index in [9.17, 15) is 0 Å². The number of halogens is 1. The third-order valence-electron chi connectivity index (χ3n) is 3.66. The van der Waals surface area contributed by atoms with Gasteiger partial charge in [0, 0.05) is 23.4 Å². The molecule has 4 heteroatoms. The predicted molar refractivity (Wildman–Crippen MR) is 78.6 cm³/mol. The summed E-state index contributed by atoms with van der Waals surface area (Å²) >= 11 is 7.70. The first-order valence-corrected chi connectivity index (χ1v) is 7.99. The molecule has 1 aliphatic rings. The third kappa shape index (κ3) is 3.70. The monoisotopic (exact) mass is 287 g/mol. The Hall–Kier alpha value is -0.0900. The lowest BCUT2D eigenvalue weighted by atomic mass is 9.90. The highest BCUT2D eigenvalue weighted by atomic mass is 35.5. The molecule has 18 heavy (non-hydrogen) atoms. The molecule has 2 heterocycles. The first-order chi connectivity index (χ1) is 8.70. The largest absolute Gasteiger partial charge is 0.378 e. The van der Waals surface area contributed by atoms with Crippen molar-refractivity contribution in [3.63, 3.8) is 0 Å². The maximum absolute atomic E-state index is 6.01. The Morgan fingerprint density at radius 1 is 1.56 bits per heavy atom. The van der Waals surface area contributed by atoms with Crippen LogP contribution in [0.15, 0.2) is 12.1 Å². The molecule has 2 rings (SSSR count). The van der Waals surface area contributed by atoms with E-state index in [1.807, 2.05) is 6.07 Å². The summed E-state index contributed by atoms with van der Waals surface area (Å²) in [6.45, 7) is 6.38. The molecule has 0 aliphatic carbocycles. The lowest BCUT2D eigenvalue weighted by Gasteiger charge is -2.26. The van der Waals surface area contributed by atoms with Crippen molar-refractivity contribution in [2.45, 2.75) is 45.3 Å². The molecule has 1 fully saturated rings. The van der Waals surface area contributed by atoms with Gasteiger partial charge in [-0.2, -0.15) is 0 Å². The number of hydrogen-bond donors (Lipinski definition) is 1. The van der Waals surface area contributed by atoms with Gasteiger partial charge in [-0.15, -0.1) is 11.3 Å². The maximum Gasteiger partial charge on any atom is 0.0931 e. The first kappa shape index (κ1) is 14.3. The molecule has 102 valence electrons. The molecular formula is C14H22ClNOS. The molecule has 2 nitrogen and oxygen atoms in total. The number of nitrogens with one attached hydrogen (secondary N) is 1. The zero-order valence-electron chi connectivity index (χ0n) is 11.1. The minimum Gasteiger partial charge on any atom is -0.378 e. The van der Waals surface area contributed by atoms with Gasteiger partial charge < -0.3 is 10.1 Å². The lowest BCUT2D eigenvalue weighted by molar-refractivity contribution is 0.0955. The van der Waals surface area contributed by atoms with Crippen LogP contribution in [0.1, 0.15) is 31.6 Å². The van der Waals surface area contributed by atoms with E-state index in [4.69, 9.17) is 16.3 Å². The summed E-state index contributed by atoms with van der Waals surface area (Å²) in [5.41, 5.74) is 0. The molecule has 0 radical (unpaired) electrons.